The summed E-state index contributed by atoms with van der Waals surface area (Å²) >= 11 is 0. The van der Waals surface area contributed by atoms with Gasteiger partial charge in [-0.3, -0.25) is 9.59 Å². The minimum absolute atomic E-state index is 0.142. The number of furan rings is 1. The Morgan fingerprint density at radius 2 is 1.93 bits per heavy atom. The lowest BCUT2D eigenvalue weighted by atomic mass is 9.69. The van der Waals surface area contributed by atoms with E-state index in [1.807, 2.05) is 6.08 Å². The van der Waals surface area contributed by atoms with Crippen molar-refractivity contribution in [2.45, 2.75) is 38.5 Å². The van der Waals surface area contributed by atoms with Gasteiger partial charge in [-0.15, -0.1) is 0 Å². The second kappa shape index (κ2) is 6.27. The number of hydrogen-bond donors (Lipinski definition) is 1. The van der Waals surface area contributed by atoms with Crippen molar-refractivity contribution in [3.63, 3.8) is 0 Å². The molecule has 3 aliphatic rings. The van der Waals surface area contributed by atoms with E-state index in [1.54, 1.807) is 19.1 Å². The molecule has 2 aliphatic carbocycles. The number of nitrogens with zero attached hydrogens (tertiary/aromatic N) is 3. The highest BCUT2D eigenvalue weighted by Gasteiger charge is 2.45. The third-order valence-electron chi connectivity index (χ3n) is 6.15. The molecular formula is C21H19N3O6. The zero-order valence-electron chi connectivity index (χ0n) is 16.4. The number of fused-ring (bicyclic) bond motifs is 3. The Morgan fingerprint density at radius 3 is 2.63 bits per heavy atom. The first-order chi connectivity index (χ1) is 14.3. The summed E-state index contributed by atoms with van der Waals surface area (Å²) in [6.07, 6.45) is 3.29. The van der Waals surface area contributed by atoms with Gasteiger partial charge in [0.1, 0.15) is 18.1 Å². The van der Waals surface area contributed by atoms with Gasteiger partial charge in [0, 0.05) is 30.2 Å². The van der Waals surface area contributed by atoms with Crippen LogP contribution in [0.2, 0.25) is 0 Å². The third-order valence-corrected chi connectivity index (χ3v) is 6.15. The van der Waals surface area contributed by atoms with Crippen LogP contribution in [0.4, 0.5) is 0 Å². The summed E-state index contributed by atoms with van der Waals surface area (Å²) in [6.45, 7) is 1.47. The molecule has 2 aromatic rings. The topological polar surface area (TPSA) is 116 Å². The van der Waals surface area contributed by atoms with Crippen LogP contribution >= 0.6 is 0 Å². The predicted octanol–water partition coefficient (Wildman–Crippen LogP) is 0.497. The zero-order valence-corrected chi connectivity index (χ0v) is 16.4. The molecule has 0 unspecified atom stereocenters. The summed E-state index contributed by atoms with van der Waals surface area (Å²) in [4.78, 5) is 51.1. The number of ketones is 2. The highest BCUT2D eigenvalue weighted by atomic mass is 16.4. The maximum absolute atomic E-state index is 13.1. The van der Waals surface area contributed by atoms with Gasteiger partial charge in [-0.05, 0) is 30.7 Å². The fraction of sp³-hybridized carbons (Fsp3) is 0.333. The summed E-state index contributed by atoms with van der Waals surface area (Å²) in [5.41, 5.74) is 0.846. The average molecular weight is 409 g/mol. The Balaban J connectivity index is 1.77. The minimum Gasteiger partial charge on any atom is -0.463 e. The Bertz CT molecular complexity index is 1340. The summed E-state index contributed by atoms with van der Waals surface area (Å²) in [7, 11) is 1.41. The van der Waals surface area contributed by atoms with E-state index in [-0.39, 0.29) is 31.1 Å². The number of Topliss-reactive ketones (excluding diaryl/α,β-unsaturated/α-hetero) is 1. The van der Waals surface area contributed by atoms with Crippen LogP contribution in [0.15, 0.2) is 60.6 Å². The van der Waals surface area contributed by atoms with Gasteiger partial charge >= 0.3 is 11.4 Å². The van der Waals surface area contributed by atoms with E-state index in [9.17, 15) is 24.3 Å². The Morgan fingerprint density at radius 1 is 1.17 bits per heavy atom. The fourth-order valence-corrected chi connectivity index (χ4v) is 4.70. The standard InChI is InChI=1S/C21H19N3O6/c1-10-7-15(26)13-8-14-12(5-6-23-20(28)22(2)21(29)24(14)23)17(18(13)19(10)27)16-4-3-11(9-25)30-16/h3-5,7,14,17,25H,6,8-9H2,1-2H3/t14-,17-/m1/s1. The minimum atomic E-state index is -0.671. The van der Waals surface area contributed by atoms with E-state index in [4.69, 9.17) is 4.42 Å². The molecule has 9 nitrogen and oxygen atoms in total. The summed E-state index contributed by atoms with van der Waals surface area (Å²) in [5, 5.41) is 9.41. The molecule has 2 atom stereocenters. The van der Waals surface area contributed by atoms with Gasteiger partial charge in [0.25, 0.3) is 0 Å². The van der Waals surface area contributed by atoms with Crippen LogP contribution in [-0.2, 0) is 29.8 Å². The molecule has 0 saturated carbocycles. The zero-order chi connectivity index (χ0) is 21.3. The van der Waals surface area contributed by atoms with E-state index < -0.39 is 23.3 Å². The van der Waals surface area contributed by atoms with Gasteiger partial charge in [-0.1, -0.05) is 6.08 Å². The lowest BCUT2D eigenvalue weighted by Gasteiger charge is -2.38. The number of aromatic nitrogens is 3. The van der Waals surface area contributed by atoms with Crippen molar-refractivity contribution in [2.24, 2.45) is 7.05 Å². The predicted molar refractivity (Wildman–Crippen MR) is 104 cm³/mol. The normalized spacial score (nSPS) is 23.0. The molecule has 5 rings (SSSR count). The van der Waals surface area contributed by atoms with Crippen LogP contribution in [0.1, 0.15) is 36.8 Å². The molecule has 2 aromatic heterocycles. The monoisotopic (exact) mass is 409 g/mol. The van der Waals surface area contributed by atoms with Crippen molar-refractivity contribution in [2.75, 3.05) is 0 Å². The third kappa shape index (κ3) is 2.32. The number of rotatable bonds is 2. The molecule has 30 heavy (non-hydrogen) atoms. The maximum Gasteiger partial charge on any atom is 0.347 e. The van der Waals surface area contributed by atoms with Gasteiger partial charge in [-0.2, -0.15) is 0 Å². The van der Waals surface area contributed by atoms with Crippen LogP contribution in [0.25, 0.3) is 0 Å². The second-order valence-electron chi connectivity index (χ2n) is 7.78. The van der Waals surface area contributed by atoms with Gasteiger partial charge in [0.05, 0.1) is 18.5 Å². The first-order valence-electron chi connectivity index (χ1n) is 9.61. The van der Waals surface area contributed by atoms with E-state index in [0.29, 0.717) is 28.2 Å². The SMILES string of the molecule is CC1=CC(=O)C2=C(C1=O)[C@@H](c1ccc(CO)o1)C1=CCn3c(=O)n(C)c(=O)n3[C@@H]1C2. The molecule has 9 heteroatoms. The summed E-state index contributed by atoms with van der Waals surface area (Å²) < 4.78 is 9.51. The highest BCUT2D eigenvalue weighted by molar-refractivity contribution is 6.23. The van der Waals surface area contributed by atoms with Crippen molar-refractivity contribution in [1.29, 1.82) is 0 Å². The average Bonchev–Trinajstić information content (AvgIpc) is 3.30. The van der Waals surface area contributed by atoms with Crippen molar-refractivity contribution in [3.05, 3.63) is 79.1 Å². The van der Waals surface area contributed by atoms with Crippen LogP contribution < -0.4 is 11.4 Å². The van der Waals surface area contributed by atoms with E-state index >= 15 is 0 Å². The molecule has 0 spiro atoms. The fourth-order valence-electron chi connectivity index (χ4n) is 4.70. The van der Waals surface area contributed by atoms with Crippen LogP contribution in [0.5, 0.6) is 0 Å². The van der Waals surface area contributed by atoms with Crippen molar-refractivity contribution < 1.29 is 19.1 Å². The number of aliphatic hydroxyl groups excluding tert-OH is 1. The Hall–Kier alpha value is -3.46. The summed E-state index contributed by atoms with van der Waals surface area (Å²) in [6, 6.07) is 2.70. The number of aliphatic hydroxyl groups is 1. The molecule has 0 saturated heterocycles. The molecule has 0 fully saturated rings. The second-order valence-corrected chi connectivity index (χ2v) is 7.78. The number of hydrogen-bond acceptors (Lipinski definition) is 6. The van der Waals surface area contributed by atoms with Crippen LogP contribution in [0.3, 0.4) is 0 Å². The molecule has 154 valence electrons. The van der Waals surface area contributed by atoms with Gasteiger partial charge in [-0.25, -0.2) is 23.5 Å². The molecule has 0 bridgehead atoms. The molecule has 1 N–H and O–H groups in total. The number of carbonyl (C=O) groups excluding carboxylic acids is 2. The van der Waals surface area contributed by atoms with Gasteiger partial charge < -0.3 is 9.52 Å². The van der Waals surface area contributed by atoms with Gasteiger partial charge in [0.2, 0.25) is 0 Å². The first kappa shape index (κ1) is 18.6. The van der Waals surface area contributed by atoms with Crippen molar-refractivity contribution in [3.8, 4) is 0 Å². The quantitative estimate of drug-likeness (QED) is 0.570. The van der Waals surface area contributed by atoms with Crippen molar-refractivity contribution in [1.82, 2.24) is 13.9 Å². The molecule has 0 radical (unpaired) electrons. The molecule has 0 aromatic carbocycles. The van der Waals surface area contributed by atoms with Crippen LogP contribution in [0, 0.1) is 0 Å². The van der Waals surface area contributed by atoms with E-state index in [0.717, 1.165) is 10.1 Å². The molecular weight excluding hydrogens is 390 g/mol. The lowest BCUT2D eigenvalue weighted by molar-refractivity contribution is -0.116. The van der Waals surface area contributed by atoms with E-state index in [2.05, 4.69) is 0 Å². The molecule has 0 amide bonds. The summed E-state index contributed by atoms with van der Waals surface area (Å²) in [5.74, 6) is -0.433. The largest absolute Gasteiger partial charge is 0.463 e. The lowest BCUT2D eigenvalue weighted by Crippen LogP contribution is -2.40. The van der Waals surface area contributed by atoms with Crippen LogP contribution in [-0.4, -0.2) is 30.6 Å². The highest BCUT2D eigenvalue weighted by Crippen LogP contribution is 2.49. The Kier molecular flexibility index (Phi) is 3.88. The van der Waals surface area contributed by atoms with Crippen molar-refractivity contribution >= 4 is 11.6 Å². The first-order valence-corrected chi connectivity index (χ1v) is 9.61. The number of allylic oxidation sites excluding steroid dienone is 6. The Labute approximate surface area is 169 Å². The smallest absolute Gasteiger partial charge is 0.347 e. The molecule has 3 heterocycles. The van der Waals surface area contributed by atoms with Gasteiger partial charge in [0.15, 0.2) is 11.6 Å². The van der Waals surface area contributed by atoms with E-state index in [1.165, 1.54) is 22.5 Å². The maximum atomic E-state index is 13.1. The number of carbonyl (C=O) groups is 2. The molecule has 1 aliphatic heterocycles.